The SMILES string of the molecule is CC1CC2(CCc3c(nc(OC[C@@]45CCCN4C[C@H](F)C5)nc3N3C[C@H]4CC[C@@H](C3)N4)C2)c2cc(O)cc(Cl)c21.Cl.Cl. The first kappa shape index (κ1) is 30.4. The van der Waals surface area contributed by atoms with Gasteiger partial charge in [0.05, 0.1) is 11.2 Å². The predicted molar refractivity (Wildman–Crippen MR) is 167 cm³/mol. The fraction of sp³-hybridized carbons (Fsp3) is 0.677. The second-order valence-corrected chi connectivity index (χ2v) is 14.0. The Bertz CT molecular complexity index is 1360. The maximum Gasteiger partial charge on any atom is 0.318 e. The topological polar surface area (TPSA) is 73.8 Å². The first-order valence-corrected chi connectivity index (χ1v) is 15.6. The number of alkyl halides is 1. The van der Waals surface area contributed by atoms with Crippen molar-refractivity contribution in [2.75, 3.05) is 37.7 Å². The van der Waals surface area contributed by atoms with Gasteiger partial charge in [0, 0.05) is 60.6 Å². The lowest BCUT2D eigenvalue weighted by Crippen LogP contribution is -2.52. The Balaban J connectivity index is 0.00000158. The van der Waals surface area contributed by atoms with Crippen LogP contribution in [0.2, 0.25) is 5.02 Å². The van der Waals surface area contributed by atoms with Gasteiger partial charge in [-0.15, -0.1) is 24.8 Å². The zero-order valence-electron chi connectivity index (χ0n) is 24.1. The highest BCUT2D eigenvalue weighted by molar-refractivity contribution is 6.31. The molecule has 4 saturated heterocycles. The van der Waals surface area contributed by atoms with Gasteiger partial charge in [-0.25, -0.2) is 4.39 Å². The van der Waals surface area contributed by atoms with Crippen LogP contribution in [0.1, 0.15) is 80.2 Å². The van der Waals surface area contributed by atoms with E-state index < -0.39 is 6.17 Å². The third-order valence-corrected chi connectivity index (χ3v) is 11.3. The number of piperazine rings is 1. The highest BCUT2D eigenvalue weighted by atomic mass is 35.5. The summed E-state index contributed by atoms with van der Waals surface area (Å²) in [6.45, 7) is 6.05. The number of benzene rings is 1. The van der Waals surface area contributed by atoms with E-state index >= 15 is 0 Å². The molecule has 6 aliphatic rings. The van der Waals surface area contributed by atoms with E-state index in [4.69, 9.17) is 26.3 Å². The summed E-state index contributed by atoms with van der Waals surface area (Å²) in [5.74, 6) is 1.59. The fourth-order valence-electron chi connectivity index (χ4n) is 9.36. The minimum atomic E-state index is -0.784. The molecule has 2 aliphatic carbocycles. The molecule has 0 saturated carbocycles. The standard InChI is InChI=1S/C31H39ClFN5O2.2ClH/c1-18-11-30(24-9-22(39)10-25(32)27(18)24)7-5-23-26(13-30)35-29(36-28(23)37-15-20-3-4-21(16-37)34-20)40-17-31-6-2-8-38(31)14-19(33)12-31;;/h9-10,18-21,34,39H,2-8,11-17H2,1H3;2*1H/t18?,19-,20-,21+,30?,31+;;/m1../s1. The van der Waals surface area contributed by atoms with Crippen LogP contribution < -0.4 is 15.0 Å². The van der Waals surface area contributed by atoms with Gasteiger partial charge in [0.2, 0.25) is 0 Å². The summed E-state index contributed by atoms with van der Waals surface area (Å²) in [6.07, 6.45) is 7.89. The molecule has 0 radical (unpaired) electrons. The van der Waals surface area contributed by atoms with Crippen molar-refractivity contribution in [3.05, 3.63) is 39.5 Å². The van der Waals surface area contributed by atoms with Gasteiger partial charge < -0.3 is 20.1 Å². The van der Waals surface area contributed by atoms with Crippen molar-refractivity contribution in [2.24, 2.45) is 0 Å². The Morgan fingerprint density at radius 1 is 1.12 bits per heavy atom. The van der Waals surface area contributed by atoms with E-state index in [9.17, 15) is 9.50 Å². The van der Waals surface area contributed by atoms with Crippen LogP contribution in [0.25, 0.3) is 0 Å². The Kier molecular flexibility index (Phi) is 8.04. The van der Waals surface area contributed by atoms with Crippen LogP contribution in [0.3, 0.4) is 0 Å². The lowest BCUT2D eigenvalue weighted by Gasteiger charge is -2.39. The summed E-state index contributed by atoms with van der Waals surface area (Å²) in [5, 5.41) is 14.9. The summed E-state index contributed by atoms with van der Waals surface area (Å²) in [4.78, 5) is 14.9. The minimum absolute atomic E-state index is 0. The van der Waals surface area contributed by atoms with Crippen molar-refractivity contribution in [1.82, 2.24) is 20.2 Å². The van der Waals surface area contributed by atoms with Gasteiger partial charge in [0.25, 0.3) is 0 Å². The molecule has 11 heteroatoms. The highest BCUT2D eigenvalue weighted by Crippen LogP contribution is 2.55. The van der Waals surface area contributed by atoms with Crippen molar-refractivity contribution in [3.63, 3.8) is 0 Å². The summed E-state index contributed by atoms with van der Waals surface area (Å²) in [7, 11) is 0. The monoisotopic (exact) mass is 639 g/mol. The van der Waals surface area contributed by atoms with Crippen molar-refractivity contribution >= 4 is 42.2 Å². The minimum Gasteiger partial charge on any atom is -0.508 e. The van der Waals surface area contributed by atoms with Crippen LogP contribution in [-0.2, 0) is 18.3 Å². The van der Waals surface area contributed by atoms with Crippen LogP contribution in [0.15, 0.2) is 12.1 Å². The molecular formula is C31H41Cl3FN5O2. The zero-order chi connectivity index (χ0) is 27.2. The second kappa shape index (κ2) is 11.1. The molecule has 5 heterocycles. The molecule has 1 spiro atoms. The number of hydrogen-bond acceptors (Lipinski definition) is 7. The Morgan fingerprint density at radius 3 is 2.69 bits per heavy atom. The van der Waals surface area contributed by atoms with E-state index in [1.54, 1.807) is 6.07 Å². The van der Waals surface area contributed by atoms with Crippen molar-refractivity contribution in [3.8, 4) is 11.8 Å². The van der Waals surface area contributed by atoms with Crippen LogP contribution >= 0.6 is 36.4 Å². The molecule has 8 rings (SSSR count). The lowest BCUT2D eigenvalue weighted by atomic mass is 9.69. The summed E-state index contributed by atoms with van der Waals surface area (Å²) >= 11 is 6.67. The third kappa shape index (κ3) is 4.84. The molecule has 4 aliphatic heterocycles. The van der Waals surface area contributed by atoms with Crippen LogP contribution in [-0.4, -0.2) is 76.6 Å². The first-order valence-electron chi connectivity index (χ1n) is 15.3. The van der Waals surface area contributed by atoms with Gasteiger partial charge in [-0.3, -0.25) is 4.90 Å². The van der Waals surface area contributed by atoms with E-state index in [1.807, 2.05) is 6.07 Å². The molecule has 230 valence electrons. The number of nitrogens with one attached hydrogen (secondary N) is 1. The van der Waals surface area contributed by atoms with Gasteiger partial charge in [-0.2, -0.15) is 9.97 Å². The quantitative estimate of drug-likeness (QED) is 0.457. The number of anilines is 1. The van der Waals surface area contributed by atoms with E-state index in [2.05, 4.69) is 22.0 Å². The molecule has 1 aromatic carbocycles. The zero-order valence-corrected chi connectivity index (χ0v) is 26.5. The molecule has 2 unspecified atom stereocenters. The molecule has 1 aromatic heterocycles. The smallest absolute Gasteiger partial charge is 0.318 e. The molecule has 4 fully saturated rings. The third-order valence-electron chi connectivity index (χ3n) is 11.0. The Morgan fingerprint density at radius 2 is 1.90 bits per heavy atom. The Labute approximate surface area is 264 Å². The van der Waals surface area contributed by atoms with Crippen molar-refractivity contribution in [1.29, 1.82) is 0 Å². The largest absolute Gasteiger partial charge is 0.508 e. The normalized spacial score (nSPS) is 34.5. The van der Waals surface area contributed by atoms with Gasteiger partial charge in [0.1, 0.15) is 24.3 Å². The maximum absolute atomic E-state index is 14.4. The highest BCUT2D eigenvalue weighted by Gasteiger charge is 2.50. The van der Waals surface area contributed by atoms with Crippen molar-refractivity contribution < 1.29 is 14.2 Å². The molecular weight excluding hydrogens is 600 g/mol. The molecule has 2 N–H and O–H groups in total. The average Bonchev–Trinajstić information content (AvgIpc) is 3.62. The van der Waals surface area contributed by atoms with E-state index in [0.29, 0.717) is 48.6 Å². The number of hydrogen-bond donors (Lipinski definition) is 2. The number of ether oxygens (including phenoxy) is 1. The summed E-state index contributed by atoms with van der Waals surface area (Å²) in [6, 6.07) is 5.05. The molecule has 7 nitrogen and oxygen atoms in total. The molecule has 2 aromatic rings. The lowest BCUT2D eigenvalue weighted by molar-refractivity contribution is 0.107. The van der Waals surface area contributed by atoms with Crippen molar-refractivity contribution in [2.45, 2.75) is 99.8 Å². The number of aromatic nitrogens is 2. The number of rotatable bonds is 4. The van der Waals surface area contributed by atoms with Crippen LogP contribution in [0, 0.1) is 0 Å². The number of phenolic OH excluding ortho intramolecular Hbond substituents is 1. The summed E-state index contributed by atoms with van der Waals surface area (Å²) < 4.78 is 20.9. The number of aromatic hydroxyl groups is 1. The molecule has 42 heavy (non-hydrogen) atoms. The Hall–Kier alpha value is -1.58. The molecule has 6 atom stereocenters. The number of nitrogens with zero attached hydrogens (tertiary/aromatic N) is 4. The van der Waals surface area contributed by atoms with Crippen LogP contribution in [0.5, 0.6) is 11.8 Å². The fourth-order valence-corrected chi connectivity index (χ4v) is 9.76. The maximum atomic E-state index is 14.4. The number of phenols is 1. The van der Waals surface area contributed by atoms with Crippen LogP contribution in [0.4, 0.5) is 10.2 Å². The predicted octanol–water partition coefficient (Wildman–Crippen LogP) is 5.51. The summed E-state index contributed by atoms with van der Waals surface area (Å²) in [5.41, 5.74) is 4.32. The first-order chi connectivity index (χ1) is 19.3. The van der Waals surface area contributed by atoms with E-state index in [0.717, 1.165) is 69.7 Å². The average molecular weight is 641 g/mol. The van der Waals surface area contributed by atoms with Gasteiger partial charge >= 0.3 is 6.01 Å². The van der Waals surface area contributed by atoms with E-state index in [-0.39, 0.29) is 41.5 Å². The number of fused-ring (bicyclic) bond motifs is 6. The molecule has 0 amide bonds. The number of halogens is 4. The second-order valence-electron chi connectivity index (χ2n) is 13.6. The molecule has 2 bridgehead atoms. The van der Waals surface area contributed by atoms with Gasteiger partial charge in [-0.1, -0.05) is 18.5 Å². The van der Waals surface area contributed by atoms with Gasteiger partial charge in [-0.05, 0) is 80.7 Å². The van der Waals surface area contributed by atoms with Gasteiger partial charge in [0.15, 0.2) is 0 Å². The van der Waals surface area contributed by atoms with E-state index in [1.165, 1.54) is 29.5 Å².